The Morgan fingerprint density at radius 1 is 1.21 bits per heavy atom. The Labute approximate surface area is 114 Å². The predicted octanol–water partition coefficient (Wildman–Crippen LogP) is 2.25. The number of nitrogens with one attached hydrogen (secondary N) is 1. The molecule has 2 aromatic rings. The summed E-state index contributed by atoms with van der Waals surface area (Å²) in [6.45, 7) is 5.85. The van der Waals surface area contributed by atoms with Gasteiger partial charge in [0.2, 0.25) is 0 Å². The van der Waals surface area contributed by atoms with Crippen LogP contribution in [0.3, 0.4) is 0 Å². The summed E-state index contributed by atoms with van der Waals surface area (Å²) in [4.78, 5) is 0. The molecule has 1 aromatic carbocycles. The van der Waals surface area contributed by atoms with Crippen LogP contribution >= 0.6 is 0 Å². The second-order valence-electron chi connectivity index (χ2n) is 4.96. The lowest BCUT2D eigenvalue weighted by Gasteiger charge is -2.06. The summed E-state index contributed by atoms with van der Waals surface area (Å²) in [5.74, 6) is 0. The lowest BCUT2D eigenvalue weighted by molar-refractivity contribution is 0.281. The van der Waals surface area contributed by atoms with E-state index >= 15 is 0 Å². The van der Waals surface area contributed by atoms with Crippen LogP contribution in [0.2, 0.25) is 0 Å². The van der Waals surface area contributed by atoms with Crippen molar-refractivity contribution in [2.24, 2.45) is 0 Å². The maximum Gasteiger partial charge on any atom is 0.0762 e. The van der Waals surface area contributed by atoms with Gasteiger partial charge >= 0.3 is 0 Å². The lowest BCUT2D eigenvalue weighted by Crippen LogP contribution is -2.14. The summed E-state index contributed by atoms with van der Waals surface area (Å²) < 4.78 is 1.96. The van der Waals surface area contributed by atoms with Crippen LogP contribution < -0.4 is 5.32 Å². The van der Waals surface area contributed by atoms with E-state index in [9.17, 15) is 0 Å². The Hall–Kier alpha value is -1.65. The Morgan fingerprint density at radius 2 is 2.00 bits per heavy atom. The summed E-state index contributed by atoms with van der Waals surface area (Å²) in [5, 5.41) is 16.9. The molecule has 4 heteroatoms. The zero-order valence-electron chi connectivity index (χ0n) is 11.5. The first-order chi connectivity index (χ1) is 9.19. The van der Waals surface area contributed by atoms with Crippen LogP contribution in [0.4, 0.5) is 0 Å². The summed E-state index contributed by atoms with van der Waals surface area (Å²) >= 11 is 0. The van der Waals surface area contributed by atoms with Crippen LogP contribution in [0.15, 0.2) is 36.5 Å². The normalized spacial score (nSPS) is 11.2. The predicted molar refractivity (Wildman–Crippen MR) is 75.5 cm³/mol. The molecule has 0 saturated carbocycles. The molecule has 102 valence electrons. The van der Waals surface area contributed by atoms with Crippen molar-refractivity contribution in [1.29, 1.82) is 0 Å². The van der Waals surface area contributed by atoms with Gasteiger partial charge in [-0.1, -0.05) is 24.3 Å². The van der Waals surface area contributed by atoms with Crippen LogP contribution in [0.1, 0.15) is 36.7 Å². The van der Waals surface area contributed by atoms with E-state index in [1.165, 1.54) is 5.56 Å². The van der Waals surface area contributed by atoms with E-state index < -0.39 is 0 Å². The molecule has 0 aliphatic rings. The van der Waals surface area contributed by atoms with Gasteiger partial charge in [0, 0.05) is 25.3 Å². The first kappa shape index (κ1) is 13.8. The van der Waals surface area contributed by atoms with Gasteiger partial charge in [-0.25, -0.2) is 0 Å². The third-order valence-electron chi connectivity index (χ3n) is 3.00. The molecule has 0 radical (unpaired) electrons. The van der Waals surface area contributed by atoms with Crippen LogP contribution in [0.5, 0.6) is 0 Å². The molecule has 0 unspecified atom stereocenters. The largest absolute Gasteiger partial charge is 0.392 e. The van der Waals surface area contributed by atoms with E-state index in [-0.39, 0.29) is 6.61 Å². The molecule has 0 saturated heterocycles. The summed E-state index contributed by atoms with van der Waals surface area (Å²) in [6.07, 6.45) is 2.01. The number of benzene rings is 1. The molecule has 19 heavy (non-hydrogen) atoms. The number of nitrogens with zero attached hydrogens (tertiary/aromatic N) is 2. The highest BCUT2D eigenvalue weighted by Gasteiger charge is 2.01. The molecule has 0 aliphatic heterocycles. The van der Waals surface area contributed by atoms with Crippen molar-refractivity contribution in [3.63, 3.8) is 0 Å². The second kappa shape index (κ2) is 6.50. The Morgan fingerprint density at radius 3 is 2.68 bits per heavy atom. The standard InChI is InChI=1S/C15H21N3O/c1-12(2)18-7-6-15(17-18)10-16-9-13-4-3-5-14(8-13)11-19/h3-8,12,16,19H,9-11H2,1-2H3. The fourth-order valence-electron chi connectivity index (χ4n) is 1.93. The van der Waals surface area contributed by atoms with Gasteiger partial charge in [0.1, 0.15) is 0 Å². The molecule has 2 N–H and O–H groups in total. The minimum absolute atomic E-state index is 0.0899. The summed E-state index contributed by atoms with van der Waals surface area (Å²) in [6, 6.07) is 10.4. The van der Waals surface area contributed by atoms with Crippen molar-refractivity contribution in [3.05, 3.63) is 53.3 Å². The zero-order chi connectivity index (χ0) is 13.7. The molecular weight excluding hydrogens is 238 g/mol. The summed E-state index contributed by atoms with van der Waals surface area (Å²) in [7, 11) is 0. The fourth-order valence-corrected chi connectivity index (χ4v) is 1.93. The third-order valence-corrected chi connectivity index (χ3v) is 3.00. The van der Waals surface area contributed by atoms with Gasteiger partial charge in [-0.05, 0) is 31.0 Å². The van der Waals surface area contributed by atoms with Gasteiger partial charge in [-0.15, -0.1) is 0 Å². The van der Waals surface area contributed by atoms with Gasteiger partial charge in [0.25, 0.3) is 0 Å². The Balaban J connectivity index is 1.85. The highest BCUT2D eigenvalue weighted by atomic mass is 16.3. The van der Waals surface area contributed by atoms with Crippen LogP contribution in [0, 0.1) is 0 Å². The van der Waals surface area contributed by atoms with Gasteiger partial charge in [-0.3, -0.25) is 4.68 Å². The molecule has 2 rings (SSSR count). The van der Waals surface area contributed by atoms with Crippen molar-refractivity contribution in [2.75, 3.05) is 0 Å². The Bertz CT molecular complexity index is 520. The number of hydrogen-bond acceptors (Lipinski definition) is 3. The maximum absolute atomic E-state index is 9.09. The third kappa shape index (κ3) is 3.91. The van der Waals surface area contributed by atoms with Crippen molar-refractivity contribution in [2.45, 2.75) is 39.6 Å². The van der Waals surface area contributed by atoms with Crippen molar-refractivity contribution >= 4 is 0 Å². The van der Waals surface area contributed by atoms with Gasteiger partial charge < -0.3 is 10.4 Å². The molecule has 0 aliphatic carbocycles. The second-order valence-corrected chi connectivity index (χ2v) is 4.96. The van der Waals surface area contributed by atoms with Crippen molar-refractivity contribution in [3.8, 4) is 0 Å². The van der Waals surface area contributed by atoms with E-state index in [1.54, 1.807) is 0 Å². The molecular formula is C15H21N3O. The van der Waals surface area contributed by atoms with Gasteiger partial charge in [0.05, 0.1) is 12.3 Å². The highest BCUT2D eigenvalue weighted by Crippen LogP contribution is 2.06. The molecule has 1 heterocycles. The SMILES string of the molecule is CC(C)n1ccc(CNCc2cccc(CO)c2)n1. The minimum atomic E-state index is 0.0899. The number of aliphatic hydroxyl groups excluding tert-OH is 1. The average molecular weight is 259 g/mol. The number of aromatic nitrogens is 2. The zero-order valence-corrected chi connectivity index (χ0v) is 11.5. The van der Waals surface area contributed by atoms with Crippen molar-refractivity contribution in [1.82, 2.24) is 15.1 Å². The van der Waals surface area contributed by atoms with Crippen LogP contribution in [0.25, 0.3) is 0 Å². The van der Waals surface area contributed by atoms with Crippen LogP contribution in [-0.2, 0) is 19.7 Å². The topological polar surface area (TPSA) is 50.1 Å². The molecule has 0 amide bonds. The number of aliphatic hydroxyl groups is 1. The number of rotatable bonds is 6. The average Bonchev–Trinajstić information content (AvgIpc) is 2.88. The highest BCUT2D eigenvalue weighted by molar-refractivity contribution is 5.22. The van der Waals surface area contributed by atoms with Gasteiger partial charge in [-0.2, -0.15) is 5.10 Å². The van der Waals surface area contributed by atoms with Crippen LogP contribution in [-0.4, -0.2) is 14.9 Å². The molecule has 0 spiro atoms. The van der Waals surface area contributed by atoms with Crippen molar-refractivity contribution < 1.29 is 5.11 Å². The molecule has 1 aromatic heterocycles. The van der Waals surface area contributed by atoms with E-state index in [1.807, 2.05) is 35.1 Å². The quantitative estimate of drug-likeness (QED) is 0.836. The molecule has 0 atom stereocenters. The lowest BCUT2D eigenvalue weighted by atomic mass is 10.1. The smallest absolute Gasteiger partial charge is 0.0762 e. The number of hydrogen-bond donors (Lipinski definition) is 2. The molecule has 0 bridgehead atoms. The van der Waals surface area contributed by atoms with E-state index in [4.69, 9.17) is 5.11 Å². The summed E-state index contributed by atoms with van der Waals surface area (Å²) in [5.41, 5.74) is 3.17. The van der Waals surface area contributed by atoms with E-state index in [0.29, 0.717) is 6.04 Å². The van der Waals surface area contributed by atoms with E-state index in [2.05, 4.69) is 30.3 Å². The fraction of sp³-hybridized carbons (Fsp3) is 0.400. The maximum atomic E-state index is 9.09. The molecule has 0 fully saturated rings. The minimum Gasteiger partial charge on any atom is -0.392 e. The first-order valence-electron chi connectivity index (χ1n) is 6.62. The van der Waals surface area contributed by atoms with E-state index in [0.717, 1.165) is 24.3 Å². The molecule has 4 nitrogen and oxygen atoms in total. The van der Waals surface area contributed by atoms with Gasteiger partial charge in [0.15, 0.2) is 0 Å². The first-order valence-corrected chi connectivity index (χ1v) is 6.62. The monoisotopic (exact) mass is 259 g/mol. The Kier molecular flexibility index (Phi) is 4.71.